The molecule has 21 heavy (non-hydrogen) atoms. The molecule has 2 unspecified atom stereocenters. The SMILES string of the molecule is CC(NS(=O)(=O)N1CCCCC1CN)c1ccccc1Cl. The molecule has 5 nitrogen and oxygen atoms in total. The second kappa shape index (κ2) is 7.07. The van der Waals surface area contributed by atoms with Gasteiger partial charge in [0.05, 0.1) is 0 Å². The Hall–Kier alpha value is -0.660. The minimum Gasteiger partial charge on any atom is -0.329 e. The van der Waals surface area contributed by atoms with Crippen LogP contribution >= 0.6 is 11.6 Å². The molecule has 0 bridgehead atoms. The molecule has 2 rings (SSSR count). The molecular formula is C14H22ClN3O2S. The molecule has 0 radical (unpaired) electrons. The van der Waals surface area contributed by atoms with Gasteiger partial charge in [0.25, 0.3) is 10.2 Å². The van der Waals surface area contributed by atoms with E-state index in [2.05, 4.69) is 4.72 Å². The standard InChI is InChI=1S/C14H22ClN3O2S/c1-11(13-7-2-3-8-14(13)15)17-21(19,20)18-9-5-4-6-12(18)10-16/h2-3,7-8,11-12,17H,4-6,9-10,16H2,1H3. The number of hydrogen-bond donors (Lipinski definition) is 2. The van der Waals surface area contributed by atoms with Crippen LogP contribution in [0.25, 0.3) is 0 Å². The number of nitrogens with one attached hydrogen (secondary N) is 1. The predicted octanol–water partition coefficient (Wildman–Crippen LogP) is 2.05. The minimum absolute atomic E-state index is 0.116. The van der Waals surface area contributed by atoms with Crippen molar-refractivity contribution in [2.45, 2.75) is 38.3 Å². The number of nitrogens with zero attached hydrogens (tertiary/aromatic N) is 1. The summed E-state index contributed by atoms with van der Waals surface area (Å²) in [6.07, 6.45) is 2.71. The number of rotatable bonds is 5. The molecule has 0 amide bonds. The first kappa shape index (κ1) is 16.7. The van der Waals surface area contributed by atoms with Crippen LogP contribution in [0.1, 0.15) is 37.8 Å². The van der Waals surface area contributed by atoms with Gasteiger partial charge < -0.3 is 5.73 Å². The average molecular weight is 332 g/mol. The van der Waals surface area contributed by atoms with Crippen LogP contribution in [-0.2, 0) is 10.2 Å². The van der Waals surface area contributed by atoms with E-state index in [4.69, 9.17) is 17.3 Å². The topological polar surface area (TPSA) is 75.4 Å². The molecule has 0 saturated carbocycles. The van der Waals surface area contributed by atoms with Gasteiger partial charge >= 0.3 is 0 Å². The van der Waals surface area contributed by atoms with Crippen LogP contribution in [0.5, 0.6) is 0 Å². The molecule has 1 aliphatic heterocycles. The van der Waals surface area contributed by atoms with Gasteiger partial charge in [-0.1, -0.05) is 36.2 Å². The minimum atomic E-state index is -3.56. The Morgan fingerprint density at radius 2 is 2.14 bits per heavy atom. The van der Waals surface area contributed by atoms with Gasteiger partial charge in [-0.25, -0.2) is 0 Å². The molecule has 118 valence electrons. The van der Waals surface area contributed by atoms with E-state index in [1.165, 1.54) is 4.31 Å². The van der Waals surface area contributed by atoms with Crippen LogP contribution in [0.2, 0.25) is 5.02 Å². The Morgan fingerprint density at radius 1 is 1.43 bits per heavy atom. The van der Waals surface area contributed by atoms with Gasteiger partial charge in [-0.2, -0.15) is 17.4 Å². The Bertz CT molecular complexity index is 579. The quantitative estimate of drug-likeness (QED) is 0.867. The fraction of sp³-hybridized carbons (Fsp3) is 0.571. The van der Waals surface area contributed by atoms with E-state index in [1.54, 1.807) is 13.0 Å². The molecule has 0 aromatic heterocycles. The maximum absolute atomic E-state index is 12.6. The van der Waals surface area contributed by atoms with Gasteiger partial charge in [0, 0.05) is 30.2 Å². The van der Waals surface area contributed by atoms with Crippen LogP contribution in [0.3, 0.4) is 0 Å². The van der Waals surface area contributed by atoms with Gasteiger partial charge in [-0.15, -0.1) is 0 Å². The van der Waals surface area contributed by atoms with Gasteiger partial charge in [-0.05, 0) is 31.4 Å². The fourth-order valence-corrected chi connectivity index (χ4v) is 4.67. The zero-order valence-corrected chi connectivity index (χ0v) is 13.7. The van der Waals surface area contributed by atoms with Crippen LogP contribution in [-0.4, -0.2) is 31.9 Å². The highest BCUT2D eigenvalue weighted by molar-refractivity contribution is 7.87. The van der Waals surface area contributed by atoms with Gasteiger partial charge in [0.2, 0.25) is 0 Å². The number of halogens is 1. The van der Waals surface area contributed by atoms with E-state index >= 15 is 0 Å². The van der Waals surface area contributed by atoms with Gasteiger partial charge in [0.1, 0.15) is 0 Å². The summed E-state index contributed by atoms with van der Waals surface area (Å²) in [4.78, 5) is 0. The molecule has 1 saturated heterocycles. The van der Waals surface area contributed by atoms with Crippen LogP contribution in [0.15, 0.2) is 24.3 Å². The maximum Gasteiger partial charge on any atom is 0.280 e. The highest BCUT2D eigenvalue weighted by Gasteiger charge is 2.32. The molecule has 1 aromatic carbocycles. The summed E-state index contributed by atoms with van der Waals surface area (Å²) in [7, 11) is -3.56. The summed E-state index contributed by atoms with van der Waals surface area (Å²) in [5.74, 6) is 0. The lowest BCUT2D eigenvalue weighted by Crippen LogP contribution is -2.52. The molecular weight excluding hydrogens is 310 g/mol. The Balaban J connectivity index is 2.15. The van der Waals surface area contributed by atoms with Crippen molar-refractivity contribution in [3.63, 3.8) is 0 Å². The summed E-state index contributed by atoms with van der Waals surface area (Å²) >= 11 is 6.12. The number of piperidine rings is 1. The molecule has 0 spiro atoms. The summed E-state index contributed by atoms with van der Waals surface area (Å²) < 4.78 is 29.3. The molecule has 1 fully saturated rings. The maximum atomic E-state index is 12.6. The predicted molar refractivity (Wildman–Crippen MR) is 85.3 cm³/mol. The second-order valence-electron chi connectivity index (χ2n) is 5.36. The van der Waals surface area contributed by atoms with Crippen molar-refractivity contribution in [2.75, 3.05) is 13.1 Å². The van der Waals surface area contributed by atoms with Crippen molar-refractivity contribution in [1.82, 2.24) is 9.03 Å². The smallest absolute Gasteiger partial charge is 0.280 e. The first-order chi connectivity index (χ1) is 9.95. The Kier molecular flexibility index (Phi) is 5.62. The van der Waals surface area contributed by atoms with Crippen LogP contribution < -0.4 is 10.5 Å². The first-order valence-electron chi connectivity index (χ1n) is 7.19. The zero-order chi connectivity index (χ0) is 15.5. The molecule has 2 atom stereocenters. The summed E-state index contributed by atoms with van der Waals surface area (Å²) in [6.45, 7) is 2.66. The molecule has 1 aromatic rings. The van der Waals surface area contributed by atoms with Crippen molar-refractivity contribution in [3.05, 3.63) is 34.9 Å². The van der Waals surface area contributed by atoms with Crippen molar-refractivity contribution in [3.8, 4) is 0 Å². The fourth-order valence-electron chi connectivity index (χ4n) is 2.71. The first-order valence-corrected chi connectivity index (χ1v) is 9.01. The Labute approximate surface area is 131 Å². The lowest BCUT2D eigenvalue weighted by atomic mass is 10.1. The van der Waals surface area contributed by atoms with E-state index in [9.17, 15) is 8.42 Å². The highest BCUT2D eigenvalue weighted by atomic mass is 35.5. The third-order valence-corrected chi connectivity index (χ3v) is 5.95. The molecule has 1 aliphatic rings. The normalized spacial score (nSPS) is 22.1. The van der Waals surface area contributed by atoms with E-state index in [0.29, 0.717) is 18.1 Å². The van der Waals surface area contributed by atoms with E-state index in [1.807, 2.05) is 18.2 Å². The van der Waals surface area contributed by atoms with Crippen molar-refractivity contribution < 1.29 is 8.42 Å². The number of hydrogen-bond acceptors (Lipinski definition) is 3. The summed E-state index contributed by atoms with van der Waals surface area (Å²) in [6, 6.07) is 6.74. The van der Waals surface area contributed by atoms with E-state index < -0.39 is 10.2 Å². The average Bonchev–Trinajstić information content (AvgIpc) is 2.47. The third kappa shape index (κ3) is 3.96. The highest BCUT2D eigenvalue weighted by Crippen LogP contribution is 2.25. The summed E-state index contributed by atoms with van der Waals surface area (Å²) in [5, 5.41) is 0.557. The van der Waals surface area contributed by atoms with Crippen molar-refractivity contribution >= 4 is 21.8 Å². The van der Waals surface area contributed by atoms with Crippen molar-refractivity contribution in [1.29, 1.82) is 0 Å². The van der Waals surface area contributed by atoms with Crippen molar-refractivity contribution in [2.24, 2.45) is 5.73 Å². The molecule has 7 heteroatoms. The third-order valence-electron chi connectivity index (χ3n) is 3.85. The molecule has 1 heterocycles. The molecule has 3 N–H and O–H groups in total. The number of benzene rings is 1. The van der Waals surface area contributed by atoms with Gasteiger partial charge in [-0.3, -0.25) is 0 Å². The second-order valence-corrected chi connectivity index (χ2v) is 7.42. The van der Waals surface area contributed by atoms with Crippen LogP contribution in [0, 0.1) is 0 Å². The van der Waals surface area contributed by atoms with Crippen LogP contribution in [0.4, 0.5) is 0 Å². The Morgan fingerprint density at radius 3 is 2.81 bits per heavy atom. The largest absolute Gasteiger partial charge is 0.329 e. The lowest BCUT2D eigenvalue weighted by Gasteiger charge is -2.34. The number of nitrogens with two attached hydrogens (primary N) is 1. The molecule has 0 aliphatic carbocycles. The van der Waals surface area contributed by atoms with Gasteiger partial charge in [0.15, 0.2) is 0 Å². The lowest BCUT2D eigenvalue weighted by molar-refractivity contribution is 0.253. The van der Waals surface area contributed by atoms with E-state index in [0.717, 1.165) is 24.8 Å². The summed E-state index contributed by atoms with van der Waals surface area (Å²) in [5.41, 5.74) is 6.47. The monoisotopic (exact) mass is 331 g/mol. The zero-order valence-electron chi connectivity index (χ0n) is 12.1. The van der Waals surface area contributed by atoms with E-state index in [-0.39, 0.29) is 12.1 Å².